The van der Waals surface area contributed by atoms with Gasteiger partial charge >= 0.3 is 18.3 Å². The first-order chi connectivity index (χ1) is 26.3. The van der Waals surface area contributed by atoms with Crippen molar-refractivity contribution in [1.29, 1.82) is 5.26 Å². The van der Waals surface area contributed by atoms with E-state index < -0.39 is 76.8 Å². The molecule has 57 heavy (non-hydrogen) atoms. The molecule has 1 fully saturated rings. The molecule has 4 rings (SSSR count). The summed E-state index contributed by atoms with van der Waals surface area (Å²) in [5, 5.41) is 14.9. The van der Waals surface area contributed by atoms with E-state index in [9.17, 15) is 50.4 Å². The largest absolute Gasteiger partial charge is 0.471 e. The van der Waals surface area contributed by atoms with Gasteiger partial charge in [0.15, 0.2) is 0 Å². The highest BCUT2D eigenvalue weighted by molar-refractivity contribution is 5.93. The summed E-state index contributed by atoms with van der Waals surface area (Å²) < 4.78 is 94.1. The Morgan fingerprint density at radius 2 is 1.60 bits per heavy atom. The lowest BCUT2D eigenvalue weighted by Crippen LogP contribution is -2.52. The fourth-order valence-electron chi connectivity index (χ4n) is 6.62. The second-order valence-corrected chi connectivity index (χ2v) is 15.1. The molecule has 1 saturated heterocycles. The van der Waals surface area contributed by atoms with Crippen molar-refractivity contribution in [2.45, 2.75) is 106 Å². The van der Waals surface area contributed by atoms with Crippen LogP contribution in [0.25, 0.3) is 16.8 Å². The van der Waals surface area contributed by atoms with E-state index in [1.165, 1.54) is 42.2 Å². The highest BCUT2D eigenvalue weighted by Gasteiger charge is 2.59. The van der Waals surface area contributed by atoms with Crippen LogP contribution in [0.4, 0.5) is 30.7 Å². The number of nitriles is 1. The molecule has 9 nitrogen and oxygen atoms in total. The zero-order chi connectivity index (χ0) is 43.8. The predicted molar refractivity (Wildman–Crippen MR) is 204 cm³/mol. The Kier molecular flexibility index (Phi) is 16.0. The Balaban J connectivity index is 0.00000175. The number of benzene rings is 1. The van der Waals surface area contributed by atoms with Crippen molar-refractivity contribution in [3.05, 3.63) is 76.6 Å². The number of pyridine rings is 2. The van der Waals surface area contributed by atoms with E-state index >= 15 is 0 Å². The van der Waals surface area contributed by atoms with Crippen molar-refractivity contribution in [1.82, 2.24) is 25.5 Å². The summed E-state index contributed by atoms with van der Waals surface area (Å²) in [6, 6.07) is 2.83. The monoisotopic (exact) mass is 808 g/mol. The zero-order valence-electron chi connectivity index (χ0n) is 34.0. The third kappa shape index (κ3) is 11.1. The maximum Gasteiger partial charge on any atom is 0.471 e. The second-order valence-electron chi connectivity index (χ2n) is 15.1. The molecule has 0 saturated carbocycles. The van der Waals surface area contributed by atoms with Crippen LogP contribution in [0.15, 0.2) is 48.6 Å². The van der Waals surface area contributed by atoms with Crippen molar-refractivity contribution in [2.75, 3.05) is 13.1 Å². The van der Waals surface area contributed by atoms with Gasteiger partial charge < -0.3 is 15.5 Å². The van der Waals surface area contributed by atoms with Crippen molar-refractivity contribution >= 4 is 34.6 Å². The van der Waals surface area contributed by atoms with E-state index in [0.717, 1.165) is 29.9 Å². The molecule has 0 bridgehead atoms. The number of hydrogen-bond acceptors (Lipinski definition) is 6. The minimum Gasteiger partial charge on any atom is -0.339 e. The highest BCUT2D eigenvalue weighted by atomic mass is 19.4. The number of hydrogen-bond donors (Lipinski definition) is 2. The predicted octanol–water partition coefficient (Wildman–Crippen LogP) is 8.92. The molecule has 0 aliphatic carbocycles. The quantitative estimate of drug-likeness (QED) is 0.219. The minimum atomic E-state index is -5.30. The van der Waals surface area contributed by atoms with Crippen LogP contribution >= 0.6 is 0 Å². The van der Waals surface area contributed by atoms with E-state index in [0.29, 0.717) is 16.5 Å². The third-order valence-corrected chi connectivity index (χ3v) is 10.1. The Hall–Kier alpha value is -5.07. The van der Waals surface area contributed by atoms with Gasteiger partial charge in [0, 0.05) is 47.9 Å². The van der Waals surface area contributed by atoms with Gasteiger partial charge in [-0.3, -0.25) is 24.4 Å². The standard InChI is InChI=1S/C35H35F7N6O3.C4H10.C2H6/c1-18-12-44-15-26(23(18)9-19(2)34(37,38)39)32(4,5)33(6)17-48(28(49)16-46-31(51)35(40,41)42)29(20(33)3)30(50)47-27(11-43)25-14-45-13-21-7-8-22(36)10-24(21)25;1-4(2)3;1-2/h7-10,12-15,20,27,29H,16-17H2,1-6H3,(H,46,51)(H,47,50);4H,1-3H3;1-2H3/b19-9+;;/t20-,27?,29-,33?;;/m0../s1. The molecule has 3 heterocycles. The minimum absolute atomic E-state index is 0.134. The van der Waals surface area contributed by atoms with E-state index in [2.05, 4.69) is 36.1 Å². The van der Waals surface area contributed by atoms with Crippen LogP contribution in [0.3, 0.4) is 0 Å². The fraction of sp³-hybridized carbons (Fsp3) is 0.512. The summed E-state index contributed by atoms with van der Waals surface area (Å²) >= 11 is 0. The smallest absolute Gasteiger partial charge is 0.339 e. The molecular formula is C41H51F7N6O3. The van der Waals surface area contributed by atoms with Crippen LogP contribution < -0.4 is 10.6 Å². The van der Waals surface area contributed by atoms with Crippen LogP contribution in [-0.4, -0.2) is 64.1 Å². The summed E-state index contributed by atoms with van der Waals surface area (Å²) in [5.41, 5.74) is -2.15. The van der Waals surface area contributed by atoms with Gasteiger partial charge in [0.2, 0.25) is 11.8 Å². The van der Waals surface area contributed by atoms with Crippen LogP contribution in [0.1, 0.15) is 97.5 Å². The van der Waals surface area contributed by atoms with Crippen LogP contribution in [-0.2, 0) is 19.8 Å². The number of allylic oxidation sites excluding steroid dienone is 1. The number of aromatic nitrogens is 2. The molecule has 2 aromatic heterocycles. The molecule has 1 aliphatic rings. The Labute approximate surface area is 329 Å². The van der Waals surface area contributed by atoms with Crippen molar-refractivity contribution < 1.29 is 45.1 Å². The molecule has 0 radical (unpaired) electrons. The molecule has 2 N–H and O–H groups in total. The fourth-order valence-corrected chi connectivity index (χ4v) is 6.62. The molecule has 3 aromatic rings. The molecule has 3 amide bonds. The van der Waals surface area contributed by atoms with Gasteiger partial charge in [0.05, 0.1) is 12.6 Å². The van der Waals surface area contributed by atoms with Gasteiger partial charge in [-0.25, -0.2) is 4.39 Å². The SMILES string of the molecule is C/C(=C\c1c(C)cncc1C(C)(C)C1(C)CN(C(=O)CNC(=O)C(F)(F)F)[C@H](C(=O)NC(C#N)c2cncc3ccc(F)cc23)[C@@H]1C)C(F)(F)F.CC.CC(C)C. The Morgan fingerprint density at radius 3 is 2.14 bits per heavy atom. The molecule has 312 valence electrons. The molecule has 1 aromatic carbocycles. The van der Waals surface area contributed by atoms with Crippen molar-refractivity contribution in [3.63, 3.8) is 0 Å². The summed E-state index contributed by atoms with van der Waals surface area (Å²) in [4.78, 5) is 48.6. The van der Waals surface area contributed by atoms with E-state index in [-0.39, 0.29) is 23.1 Å². The summed E-state index contributed by atoms with van der Waals surface area (Å²) in [6.07, 6.45) is -3.49. The average Bonchev–Trinajstić information content (AvgIpc) is 3.41. The van der Waals surface area contributed by atoms with E-state index in [1.54, 1.807) is 34.6 Å². The highest BCUT2D eigenvalue weighted by Crippen LogP contribution is 2.54. The molecule has 16 heteroatoms. The number of halogens is 7. The number of likely N-dealkylation sites (tertiary alicyclic amines) is 1. The van der Waals surface area contributed by atoms with Gasteiger partial charge in [0.1, 0.15) is 17.9 Å². The van der Waals surface area contributed by atoms with Gasteiger partial charge in [0.25, 0.3) is 0 Å². The van der Waals surface area contributed by atoms with Crippen LogP contribution in [0, 0.1) is 41.3 Å². The Morgan fingerprint density at radius 1 is 1.02 bits per heavy atom. The first-order valence-electron chi connectivity index (χ1n) is 18.4. The molecule has 1 aliphatic heterocycles. The maximum absolute atomic E-state index is 14.2. The maximum atomic E-state index is 14.2. The van der Waals surface area contributed by atoms with Gasteiger partial charge in [-0.1, -0.05) is 62.3 Å². The van der Waals surface area contributed by atoms with Crippen LogP contribution in [0.5, 0.6) is 0 Å². The van der Waals surface area contributed by atoms with Gasteiger partial charge in [-0.2, -0.15) is 31.6 Å². The lowest BCUT2D eigenvalue weighted by molar-refractivity contribution is -0.174. The topological polar surface area (TPSA) is 128 Å². The number of amides is 3. The van der Waals surface area contributed by atoms with Crippen molar-refractivity contribution in [3.8, 4) is 6.07 Å². The number of fused-ring (bicyclic) bond motifs is 1. The van der Waals surface area contributed by atoms with E-state index in [4.69, 9.17) is 0 Å². The second kappa shape index (κ2) is 18.9. The van der Waals surface area contributed by atoms with Gasteiger partial charge in [-0.15, -0.1) is 0 Å². The van der Waals surface area contributed by atoms with Crippen molar-refractivity contribution in [2.24, 2.45) is 17.3 Å². The Bertz CT molecular complexity index is 1990. The number of aryl methyl sites for hydroxylation is 1. The molecule has 4 atom stereocenters. The first kappa shape index (κ1) is 48.1. The number of rotatable bonds is 8. The number of alkyl halides is 6. The summed E-state index contributed by atoms with van der Waals surface area (Å²) in [7, 11) is 0. The number of carbonyl (C=O) groups excluding carboxylic acids is 3. The number of nitrogens with zero attached hydrogens (tertiary/aromatic N) is 4. The number of nitrogens with one attached hydrogen (secondary N) is 2. The average molecular weight is 809 g/mol. The normalized spacial score (nSPS) is 19.1. The third-order valence-electron chi connectivity index (χ3n) is 10.1. The summed E-state index contributed by atoms with van der Waals surface area (Å²) in [5.74, 6) is -4.99. The lowest BCUT2D eigenvalue weighted by Gasteiger charge is -2.45. The first-order valence-corrected chi connectivity index (χ1v) is 18.4. The zero-order valence-corrected chi connectivity index (χ0v) is 34.0. The van der Waals surface area contributed by atoms with Gasteiger partial charge in [-0.05, 0) is 82.9 Å². The molecular weight excluding hydrogens is 757 g/mol. The molecule has 2 unspecified atom stereocenters. The van der Waals surface area contributed by atoms with Crippen LogP contribution in [0.2, 0.25) is 0 Å². The lowest BCUT2D eigenvalue weighted by atomic mass is 9.57. The number of carbonyl (C=O) groups is 3. The molecule has 0 spiro atoms. The van der Waals surface area contributed by atoms with E-state index in [1.807, 2.05) is 19.9 Å². The summed E-state index contributed by atoms with van der Waals surface area (Å²) in [6.45, 7) is 18.2.